The molecule has 0 spiro atoms. The zero-order chi connectivity index (χ0) is 21.3. The van der Waals surface area contributed by atoms with Crippen LogP contribution in [0.1, 0.15) is 22.5 Å². The van der Waals surface area contributed by atoms with Gasteiger partial charge in [0.2, 0.25) is 0 Å². The van der Waals surface area contributed by atoms with Gasteiger partial charge in [-0.15, -0.1) is 10.2 Å². The second-order valence-electron chi connectivity index (χ2n) is 7.36. The third kappa shape index (κ3) is 4.00. The van der Waals surface area contributed by atoms with E-state index < -0.39 is 0 Å². The van der Waals surface area contributed by atoms with E-state index in [0.29, 0.717) is 11.3 Å². The zero-order valence-electron chi connectivity index (χ0n) is 17.4. The van der Waals surface area contributed by atoms with Crippen molar-refractivity contribution in [1.29, 1.82) is 0 Å². The Bertz CT molecular complexity index is 1250. The normalized spacial score (nSPS) is 10.9. The van der Waals surface area contributed by atoms with Crippen molar-refractivity contribution in [2.75, 3.05) is 11.9 Å². The molecule has 2 aromatic carbocycles. The van der Waals surface area contributed by atoms with E-state index in [0.717, 1.165) is 39.5 Å². The molecule has 4 aromatic rings. The second-order valence-corrected chi connectivity index (χ2v) is 7.36. The molecule has 7 heteroatoms. The highest BCUT2D eigenvalue weighted by atomic mass is 16.5. The van der Waals surface area contributed by atoms with Gasteiger partial charge >= 0.3 is 0 Å². The van der Waals surface area contributed by atoms with E-state index >= 15 is 0 Å². The van der Waals surface area contributed by atoms with Crippen molar-refractivity contribution in [3.05, 3.63) is 71.0 Å². The number of nitrogens with zero attached hydrogens (tertiary/aromatic N) is 4. The van der Waals surface area contributed by atoms with E-state index in [9.17, 15) is 4.79 Å². The van der Waals surface area contributed by atoms with E-state index in [1.807, 2.05) is 70.2 Å². The molecule has 1 amide bonds. The molecule has 1 N–H and O–H groups in total. The van der Waals surface area contributed by atoms with Crippen LogP contribution in [0.25, 0.3) is 16.9 Å². The Labute approximate surface area is 174 Å². The van der Waals surface area contributed by atoms with Gasteiger partial charge in [-0.3, -0.25) is 4.79 Å². The van der Waals surface area contributed by atoms with Crippen LogP contribution in [0.15, 0.2) is 48.5 Å². The van der Waals surface area contributed by atoms with Gasteiger partial charge in [0, 0.05) is 11.3 Å². The lowest BCUT2D eigenvalue weighted by atomic mass is 10.1. The van der Waals surface area contributed by atoms with E-state index in [1.165, 1.54) is 0 Å². The van der Waals surface area contributed by atoms with Crippen molar-refractivity contribution in [1.82, 2.24) is 19.8 Å². The molecule has 0 unspecified atom stereocenters. The number of nitrogens with one attached hydrogen (secondary N) is 1. The largest absolute Gasteiger partial charge is 0.483 e. The Kier molecular flexibility index (Phi) is 5.18. The van der Waals surface area contributed by atoms with Crippen LogP contribution < -0.4 is 10.1 Å². The Morgan fingerprint density at radius 3 is 2.70 bits per heavy atom. The SMILES string of the molecule is Cc1cc(C)c(C)c(OCC(=O)Nc2cccc(-c3ccc4nnc(C)n4n3)c2)c1. The Hall–Kier alpha value is -3.74. The number of fused-ring (bicyclic) bond motifs is 1. The summed E-state index contributed by atoms with van der Waals surface area (Å²) in [5, 5.41) is 15.6. The van der Waals surface area contributed by atoms with Crippen LogP contribution in [-0.2, 0) is 4.79 Å². The first-order chi connectivity index (χ1) is 14.4. The molecule has 30 heavy (non-hydrogen) atoms. The fourth-order valence-electron chi connectivity index (χ4n) is 3.30. The molecule has 0 saturated carbocycles. The van der Waals surface area contributed by atoms with Crippen molar-refractivity contribution >= 4 is 17.2 Å². The topological polar surface area (TPSA) is 81.4 Å². The highest BCUT2D eigenvalue weighted by Gasteiger charge is 2.10. The Morgan fingerprint density at radius 1 is 1.03 bits per heavy atom. The van der Waals surface area contributed by atoms with Crippen LogP contribution in [0.3, 0.4) is 0 Å². The molecular formula is C23H23N5O2. The number of aromatic nitrogens is 4. The molecule has 0 aliphatic rings. The van der Waals surface area contributed by atoms with Gasteiger partial charge < -0.3 is 10.1 Å². The first-order valence-corrected chi connectivity index (χ1v) is 9.71. The molecule has 0 fully saturated rings. The molecular weight excluding hydrogens is 378 g/mol. The van der Waals surface area contributed by atoms with Gasteiger partial charge in [0.1, 0.15) is 5.75 Å². The second kappa shape index (κ2) is 7.94. The van der Waals surface area contributed by atoms with Crippen LogP contribution in [0, 0.1) is 27.7 Å². The maximum absolute atomic E-state index is 12.4. The number of hydrogen-bond acceptors (Lipinski definition) is 5. The fraction of sp³-hybridized carbons (Fsp3) is 0.217. The summed E-state index contributed by atoms with van der Waals surface area (Å²) in [6.45, 7) is 7.83. The minimum Gasteiger partial charge on any atom is -0.483 e. The first-order valence-electron chi connectivity index (χ1n) is 9.71. The van der Waals surface area contributed by atoms with Crippen molar-refractivity contribution in [2.45, 2.75) is 27.7 Å². The zero-order valence-corrected chi connectivity index (χ0v) is 17.4. The molecule has 2 aromatic heterocycles. The van der Waals surface area contributed by atoms with Gasteiger partial charge in [0.15, 0.2) is 18.1 Å². The number of benzene rings is 2. The lowest BCUT2D eigenvalue weighted by Crippen LogP contribution is -2.20. The smallest absolute Gasteiger partial charge is 0.262 e. The average molecular weight is 401 g/mol. The minimum atomic E-state index is -0.219. The molecule has 2 heterocycles. The van der Waals surface area contributed by atoms with Gasteiger partial charge in [-0.25, -0.2) is 0 Å². The predicted molar refractivity (Wildman–Crippen MR) is 116 cm³/mol. The number of carbonyl (C=O) groups excluding carboxylic acids is 1. The summed E-state index contributed by atoms with van der Waals surface area (Å²) in [5.74, 6) is 1.23. The monoisotopic (exact) mass is 401 g/mol. The van der Waals surface area contributed by atoms with Crippen LogP contribution >= 0.6 is 0 Å². The average Bonchev–Trinajstić information content (AvgIpc) is 3.10. The lowest BCUT2D eigenvalue weighted by Gasteiger charge is -2.13. The minimum absolute atomic E-state index is 0.0575. The maximum atomic E-state index is 12.4. The summed E-state index contributed by atoms with van der Waals surface area (Å²) in [7, 11) is 0. The fourth-order valence-corrected chi connectivity index (χ4v) is 3.30. The van der Waals surface area contributed by atoms with Gasteiger partial charge in [-0.1, -0.05) is 18.2 Å². The number of carbonyl (C=O) groups is 1. The number of aryl methyl sites for hydroxylation is 3. The number of rotatable bonds is 5. The van der Waals surface area contributed by atoms with Crippen LogP contribution in [0.4, 0.5) is 5.69 Å². The molecule has 0 bridgehead atoms. The Morgan fingerprint density at radius 2 is 1.87 bits per heavy atom. The van der Waals surface area contributed by atoms with E-state index in [4.69, 9.17) is 4.74 Å². The molecule has 0 saturated heterocycles. The maximum Gasteiger partial charge on any atom is 0.262 e. The first kappa shape index (κ1) is 19.6. The van der Waals surface area contributed by atoms with Crippen LogP contribution in [0.5, 0.6) is 5.75 Å². The highest BCUT2D eigenvalue weighted by Crippen LogP contribution is 2.24. The third-order valence-electron chi connectivity index (χ3n) is 4.98. The van der Waals surface area contributed by atoms with Gasteiger partial charge in [-0.05, 0) is 74.7 Å². The number of ether oxygens (including phenoxy) is 1. The molecule has 0 aliphatic carbocycles. The number of anilines is 1. The van der Waals surface area contributed by atoms with Crippen molar-refractivity contribution in [2.24, 2.45) is 0 Å². The van der Waals surface area contributed by atoms with E-state index in [1.54, 1.807) is 4.52 Å². The molecule has 7 nitrogen and oxygen atoms in total. The number of hydrogen-bond donors (Lipinski definition) is 1. The molecule has 0 radical (unpaired) electrons. The lowest BCUT2D eigenvalue weighted by molar-refractivity contribution is -0.118. The van der Waals surface area contributed by atoms with Crippen molar-refractivity contribution < 1.29 is 9.53 Å². The summed E-state index contributed by atoms with van der Waals surface area (Å²) in [6.07, 6.45) is 0. The summed E-state index contributed by atoms with van der Waals surface area (Å²) < 4.78 is 7.45. The summed E-state index contributed by atoms with van der Waals surface area (Å²) in [5.41, 5.74) is 6.32. The van der Waals surface area contributed by atoms with Crippen molar-refractivity contribution in [3.63, 3.8) is 0 Å². The van der Waals surface area contributed by atoms with Gasteiger partial charge in [0.25, 0.3) is 5.91 Å². The molecule has 4 rings (SSSR count). The third-order valence-corrected chi connectivity index (χ3v) is 4.98. The Balaban J connectivity index is 1.47. The summed E-state index contributed by atoms with van der Waals surface area (Å²) >= 11 is 0. The van der Waals surface area contributed by atoms with Gasteiger partial charge in [-0.2, -0.15) is 9.61 Å². The van der Waals surface area contributed by atoms with E-state index in [-0.39, 0.29) is 12.5 Å². The standard InChI is InChI=1S/C23H23N5O2/c1-14-10-15(2)16(3)21(11-14)30-13-23(29)24-19-7-5-6-18(12-19)20-8-9-22-26-25-17(4)28(22)27-20/h5-12H,13H2,1-4H3,(H,24,29). The highest BCUT2D eigenvalue weighted by molar-refractivity contribution is 5.92. The number of amides is 1. The van der Waals surface area contributed by atoms with Crippen molar-refractivity contribution in [3.8, 4) is 17.0 Å². The quantitative estimate of drug-likeness (QED) is 0.546. The van der Waals surface area contributed by atoms with E-state index in [2.05, 4.69) is 26.7 Å². The summed E-state index contributed by atoms with van der Waals surface area (Å²) in [6, 6.07) is 15.3. The molecule has 0 atom stereocenters. The molecule has 152 valence electrons. The summed E-state index contributed by atoms with van der Waals surface area (Å²) in [4.78, 5) is 12.4. The molecule has 0 aliphatic heterocycles. The van der Waals surface area contributed by atoms with Gasteiger partial charge in [0.05, 0.1) is 5.69 Å². The predicted octanol–water partition coefficient (Wildman–Crippen LogP) is 4.04. The van der Waals surface area contributed by atoms with Crippen LogP contribution in [-0.4, -0.2) is 32.3 Å². The van der Waals surface area contributed by atoms with Crippen LogP contribution in [0.2, 0.25) is 0 Å².